The maximum Gasteiger partial charge on any atom is 0.312 e. The van der Waals surface area contributed by atoms with Crippen LogP contribution in [-0.2, 0) is 22.4 Å². The van der Waals surface area contributed by atoms with Crippen molar-refractivity contribution in [1.82, 2.24) is 20.2 Å². The molecule has 3 heterocycles. The number of methoxy groups -OCH3 is 1. The minimum absolute atomic E-state index is 0.0896. The Balaban J connectivity index is 1.56. The predicted molar refractivity (Wildman–Crippen MR) is 125 cm³/mol. The van der Waals surface area contributed by atoms with Crippen LogP contribution in [0.4, 0.5) is 11.5 Å². The number of aromatic amines is 1. The van der Waals surface area contributed by atoms with Gasteiger partial charge in [-0.05, 0) is 44.2 Å². The fraction of sp³-hybridized carbons (Fsp3) is 0.391. The maximum absolute atomic E-state index is 12.8. The van der Waals surface area contributed by atoms with Crippen molar-refractivity contribution in [2.24, 2.45) is 5.41 Å². The van der Waals surface area contributed by atoms with Crippen molar-refractivity contribution < 1.29 is 14.3 Å². The second-order valence-corrected chi connectivity index (χ2v) is 9.16. The summed E-state index contributed by atoms with van der Waals surface area (Å²) in [7, 11) is 1.64. The second-order valence-electron chi connectivity index (χ2n) is 8.07. The molecule has 0 spiro atoms. The summed E-state index contributed by atoms with van der Waals surface area (Å²) in [6.07, 6.45) is 6.36. The number of anilines is 2. The predicted octanol–water partition coefficient (Wildman–Crippen LogP) is 4.77. The van der Waals surface area contributed by atoms with Gasteiger partial charge in [-0.1, -0.05) is 6.92 Å². The maximum atomic E-state index is 12.8. The molecule has 0 unspecified atom stereocenters. The molecular formula is C23H25N5O3S. The number of carbonyl (C=O) groups excluding carboxylic acids is 1. The zero-order chi connectivity index (χ0) is 22.3. The third kappa shape index (κ3) is 3.28. The molecule has 1 atom stereocenters. The van der Waals surface area contributed by atoms with E-state index in [1.165, 1.54) is 10.4 Å². The zero-order valence-corrected chi connectivity index (χ0v) is 19.1. The molecule has 0 saturated heterocycles. The SMILES string of the molecule is CCOC(=O)[C@@]1(CC)CCc2c(sc3ncnc(Nc4cc5cn[nH]c5cc4OC)c23)C1. The molecule has 32 heavy (non-hydrogen) atoms. The van der Waals surface area contributed by atoms with E-state index in [2.05, 4.69) is 32.4 Å². The number of aromatic nitrogens is 4. The van der Waals surface area contributed by atoms with Gasteiger partial charge < -0.3 is 14.8 Å². The fourth-order valence-corrected chi connectivity index (χ4v) is 5.90. The Hall–Kier alpha value is -3.20. The number of nitrogens with zero attached hydrogens (tertiary/aromatic N) is 3. The van der Waals surface area contributed by atoms with Crippen LogP contribution in [0.25, 0.3) is 21.1 Å². The third-order valence-electron chi connectivity index (χ3n) is 6.42. The smallest absolute Gasteiger partial charge is 0.312 e. The van der Waals surface area contributed by atoms with Crippen LogP contribution in [-0.4, -0.2) is 39.9 Å². The van der Waals surface area contributed by atoms with Crippen LogP contribution < -0.4 is 10.1 Å². The van der Waals surface area contributed by atoms with Gasteiger partial charge >= 0.3 is 5.97 Å². The van der Waals surface area contributed by atoms with E-state index >= 15 is 0 Å². The van der Waals surface area contributed by atoms with Gasteiger partial charge in [0.05, 0.1) is 41.9 Å². The number of benzene rings is 1. The summed E-state index contributed by atoms with van der Waals surface area (Å²) in [5.74, 6) is 1.35. The average Bonchev–Trinajstić information content (AvgIpc) is 3.41. The topological polar surface area (TPSA) is 102 Å². The highest BCUT2D eigenvalue weighted by Gasteiger charge is 2.42. The van der Waals surface area contributed by atoms with Gasteiger partial charge in [0.15, 0.2) is 0 Å². The molecule has 5 rings (SSSR count). The first kappa shape index (κ1) is 20.7. The number of fused-ring (bicyclic) bond motifs is 4. The molecule has 0 amide bonds. The lowest BCUT2D eigenvalue weighted by molar-refractivity contribution is -0.156. The van der Waals surface area contributed by atoms with Crippen molar-refractivity contribution in [3.05, 3.63) is 35.1 Å². The summed E-state index contributed by atoms with van der Waals surface area (Å²) in [6, 6.07) is 3.91. The summed E-state index contributed by atoms with van der Waals surface area (Å²) >= 11 is 1.65. The molecule has 0 bridgehead atoms. The lowest BCUT2D eigenvalue weighted by Crippen LogP contribution is -2.37. The summed E-state index contributed by atoms with van der Waals surface area (Å²) in [5.41, 5.74) is 2.49. The standard InChI is InChI=1S/C23H25N5O3S/c1-4-23(22(29)31-5-2)7-6-14-18(10-23)32-21-19(14)20(24-12-25-21)27-16-8-13-11-26-28-15(13)9-17(16)30-3/h8-9,11-12H,4-7,10H2,1-3H3,(H,26,28)(H,24,25,27)/t23-/m0/s1. The number of nitrogens with one attached hydrogen (secondary N) is 2. The molecule has 3 aromatic heterocycles. The van der Waals surface area contributed by atoms with Crippen LogP contribution in [0.3, 0.4) is 0 Å². The number of thiophene rings is 1. The third-order valence-corrected chi connectivity index (χ3v) is 7.56. The number of hydrogen-bond donors (Lipinski definition) is 2. The summed E-state index contributed by atoms with van der Waals surface area (Å²) in [6.45, 7) is 4.33. The van der Waals surface area contributed by atoms with Crippen LogP contribution in [0.1, 0.15) is 37.1 Å². The summed E-state index contributed by atoms with van der Waals surface area (Å²) < 4.78 is 11.0. The number of esters is 1. The highest BCUT2D eigenvalue weighted by molar-refractivity contribution is 7.19. The summed E-state index contributed by atoms with van der Waals surface area (Å²) in [5, 5.41) is 12.5. The molecule has 1 aliphatic carbocycles. The monoisotopic (exact) mass is 451 g/mol. The van der Waals surface area contributed by atoms with E-state index in [1.807, 2.05) is 19.1 Å². The summed E-state index contributed by atoms with van der Waals surface area (Å²) in [4.78, 5) is 24.0. The van der Waals surface area contributed by atoms with Crippen LogP contribution in [0, 0.1) is 5.41 Å². The fourth-order valence-electron chi connectivity index (χ4n) is 4.57. The van der Waals surface area contributed by atoms with Crippen molar-refractivity contribution in [3.8, 4) is 5.75 Å². The minimum Gasteiger partial charge on any atom is -0.494 e. The second kappa shape index (κ2) is 8.05. The normalized spacial score (nSPS) is 18.0. The highest BCUT2D eigenvalue weighted by Crippen LogP contribution is 2.47. The molecule has 8 nitrogen and oxygen atoms in total. The van der Waals surface area contributed by atoms with E-state index in [-0.39, 0.29) is 5.97 Å². The Kier molecular flexibility index (Phi) is 5.21. The van der Waals surface area contributed by atoms with Crippen molar-refractivity contribution in [1.29, 1.82) is 0 Å². The van der Waals surface area contributed by atoms with Gasteiger partial charge in [0.1, 0.15) is 22.7 Å². The lowest BCUT2D eigenvalue weighted by Gasteiger charge is -2.33. The van der Waals surface area contributed by atoms with Crippen molar-refractivity contribution in [2.45, 2.75) is 39.5 Å². The molecule has 2 N–H and O–H groups in total. The molecule has 0 aliphatic heterocycles. The zero-order valence-electron chi connectivity index (χ0n) is 18.3. The minimum atomic E-state index is -0.458. The molecule has 166 valence electrons. The van der Waals surface area contributed by atoms with Gasteiger partial charge in [-0.3, -0.25) is 9.89 Å². The van der Waals surface area contributed by atoms with Crippen molar-refractivity contribution >= 4 is 49.9 Å². The molecule has 4 aromatic rings. The van der Waals surface area contributed by atoms with E-state index in [1.54, 1.807) is 31.0 Å². The van der Waals surface area contributed by atoms with Crippen molar-refractivity contribution in [3.63, 3.8) is 0 Å². The van der Waals surface area contributed by atoms with Gasteiger partial charge in [-0.15, -0.1) is 11.3 Å². The Labute approximate surface area is 189 Å². The first-order valence-corrected chi connectivity index (χ1v) is 11.6. The Morgan fingerprint density at radius 2 is 2.19 bits per heavy atom. The Morgan fingerprint density at radius 3 is 2.97 bits per heavy atom. The Bertz CT molecular complexity index is 1310. The lowest BCUT2D eigenvalue weighted by atomic mass is 9.72. The van der Waals surface area contributed by atoms with Crippen LogP contribution in [0.15, 0.2) is 24.7 Å². The van der Waals surface area contributed by atoms with Gasteiger partial charge in [0.25, 0.3) is 0 Å². The number of aryl methyl sites for hydroxylation is 1. The first-order valence-electron chi connectivity index (χ1n) is 10.8. The van der Waals surface area contributed by atoms with E-state index in [4.69, 9.17) is 9.47 Å². The van der Waals surface area contributed by atoms with Gasteiger partial charge in [-0.2, -0.15) is 5.10 Å². The molecule has 0 saturated carbocycles. The number of ether oxygens (including phenoxy) is 2. The van der Waals surface area contributed by atoms with Crippen LogP contribution >= 0.6 is 11.3 Å². The quantitative estimate of drug-likeness (QED) is 0.407. The van der Waals surface area contributed by atoms with Crippen LogP contribution in [0.2, 0.25) is 0 Å². The van der Waals surface area contributed by atoms with Gasteiger partial charge in [0, 0.05) is 16.3 Å². The molecule has 0 fully saturated rings. The molecule has 1 aliphatic rings. The van der Waals surface area contributed by atoms with E-state index in [0.29, 0.717) is 18.8 Å². The molecular weight excluding hydrogens is 426 g/mol. The van der Waals surface area contributed by atoms with E-state index in [9.17, 15) is 4.79 Å². The first-order chi connectivity index (χ1) is 15.6. The number of H-pyrrole nitrogens is 1. The number of hydrogen-bond acceptors (Lipinski definition) is 8. The highest BCUT2D eigenvalue weighted by atomic mass is 32.1. The van der Waals surface area contributed by atoms with Crippen molar-refractivity contribution in [2.75, 3.05) is 19.0 Å². The molecule has 1 aromatic carbocycles. The molecule has 0 radical (unpaired) electrons. The largest absolute Gasteiger partial charge is 0.494 e. The average molecular weight is 452 g/mol. The van der Waals surface area contributed by atoms with Gasteiger partial charge in [0.2, 0.25) is 0 Å². The van der Waals surface area contributed by atoms with E-state index in [0.717, 1.165) is 51.9 Å². The van der Waals surface area contributed by atoms with Gasteiger partial charge in [-0.25, -0.2) is 9.97 Å². The van der Waals surface area contributed by atoms with E-state index < -0.39 is 5.41 Å². The number of rotatable bonds is 6. The Morgan fingerprint density at radius 1 is 1.31 bits per heavy atom. The number of carbonyl (C=O) groups is 1. The molecule has 9 heteroatoms. The van der Waals surface area contributed by atoms with Crippen LogP contribution in [0.5, 0.6) is 5.75 Å².